The van der Waals surface area contributed by atoms with Crippen LogP contribution in [0.25, 0.3) is 0 Å². The molecule has 0 unspecified atom stereocenters. The minimum Gasteiger partial charge on any atom is -0.407 e. The smallest absolute Gasteiger partial charge is 0.315 e. The third-order valence-electron chi connectivity index (χ3n) is 2.19. The Labute approximate surface area is 112 Å². The molecule has 0 bridgehead atoms. The summed E-state index contributed by atoms with van der Waals surface area (Å²) < 4.78 is 32.0. The van der Waals surface area contributed by atoms with Gasteiger partial charge in [0.25, 0.3) is 0 Å². The third kappa shape index (κ3) is 7.75. The Morgan fingerprint density at radius 2 is 2.11 bits per heavy atom. The first-order chi connectivity index (χ1) is 9.01. The molecule has 110 valence electrons. The van der Waals surface area contributed by atoms with Crippen LogP contribution in [-0.2, 0) is 21.1 Å². The van der Waals surface area contributed by atoms with Crippen LogP contribution in [0.4, 0.5) is 6.01 Å². The van der Waals surface area contributed by atoms with Crippen molar-refractivity contribution in [3.63, 3.8) is 0 Å². The van der Waals surface area contributed by atoms with Gasteiger partial charge in [-0.3, -0.25) is 0 Å². The molecule has 1 rings (SSSR count). The molecule has 0 amide bonds. The van der Waals surface area contributed by atoms with E-state index in [9.17, 15) is 8.42 Å². The van der Waals surface area contributed by atoms with Crippen molar-refractivity contribution in [2.45, 2.75) is 13.0 Å². The second-order valence-electron chi connectivity index (χ2n) is 4.08. The van der Waals surface area contributed by atoms with Gasteiger partial charge in [-0.1, -0.05) is 5.10 Å². The van der Waals surface area contributed by atoms with Crippen LogP contribution in [0.1, 0.15) is 12.3 Å². The van der Waals surface area contributed by atoms with Gasteiger partial charge in [0.2, 0.25) is 5.89 Å². The average Bonchev–Trinajstić information content (AvgIpc) is 2.77. The van der Waals surface area contributed by atoms with Crippen molar-refractivity contribution in [3.05, 3.63) is 5.89 Å². The number of methoxy groups -OCH3 is 1. The van der Waals surface area contributed by atoms with Crippen LogP contribution >= 0.6 is 0 Å². The summed E-state index contributed by atoms with van der Waals surface area (Å²) in [6.07, 6.45) is 1.71. The minimum absolute atomic E-state index is 0.138. The highest BCUT2D eigenvalue weighted by molar-refractivity contribution is 7.90. The van der Waals surface area contributed by atoms with Gasteiger partial charge in [0.15, 0.2) is 0 Å². The van der Waals surface area contributed by atoms with E-state index in [1.54, 1.807) is 7.11 Å². The third-order valence-corrected chi connectivity index (χ3v) is 3.22. The molecule has 0 spiro atoms. The summed E-state index contributed by atoms with van der Waals surface area (Å²) in [5, 5.41) is 13.6. The summed E-state index contributed by atoms with van der Waals surface area (Å²) in [4.78, 5) is 0. The Morgan fingerprint density at radius 1 is 1.32 bits per heavy atom. The van der Waals surface area contributed by atoms with Crippen molar-refractivity contribution in [2.75, 3.05) is 44.1 Å². The number of nitrogens with zero attached hydrogens (tertiary/aromatic N) is 2. The summed E-state index contributed by atoms with van der Waals surface area (Å²) in [6, 6.07) is 0.303. The zero-order chi connectivity index (χ0) is 14.1. The lowest BCUT2D eigenvalue weighted by Crippen LogP contribution is -2.18. The van der Waals surface area contributed by atoms with E-state index in [4.69, 9.17) is 9.15 Å². The zero-order valence-electron chi connectivity index (χ0n) is 11.2. The molecule has 19 heavy (non-hydrogen) atoms. The molecule has 0 saturated heterocycles. The Morgan fingerprint density at radius 3 is 2.79 bits per heavy atom. The van der Waals surface area contributed by atoms with Gasteiger partial charge in [0.05, 0.1) is 18.9 Å². The molecular weight excluding hydrogens is 272 g/mol. The summed E-state index contributed by atoms with van der Waals surface area (Å²) in [7, 11) is -1.29. The molecule has 2 N–H and O–H groups in total. The van der Waals surface area contributed by atoms with Crippen LogP contribution in [0.5, 0.6) is 0 Å². The lowest BCUT2D eigenvalue weighted by atomic mass is 10.5. The van der Waals surface area contributed by atoms with E-state index in [-0.39, 0.29) is 5.75 Å². The van der Waals surface area contributed by atoms with Crippen molar-refractivity contribution in [2.24, 2.45) is 0 Å². The molecule has 1 aromatic rings. The first kappa shape index (κ1) is 15.9. The Hall–Kier alpha value is -1.19. The van der Waals surface area contributed by atoms with E-state index >= 15 is 0 Å². The molecule has 0 radical (unpaired) electrons. The predicted octanol–water partition coefficient (Wildman–Crippen LogP) is -0.348. The van der Waals surface area contributed by atoms with Gasteiger partial charge < -0.3 is 19.8 Å². The molecule has 1 aromatic heterocycles. The molecule has 0 aliphatic carbocycles. The van der Waals surface area contributed by atoms with Crippen molar-refractivity contribution in [3.8, 4) is 0 Å². The molecule has 0 aliphatic heterocycles. The van der Waals surface area contributed by atoms with E-state index in [2.05, 4.69) is 20.8 Å². The van der Waals surface area contributed by atoms with Crippen LogP contribution in [-0.4, -0.2) is 57.4 Å². The van der Waals surface area contributed by atoms with Gasteiger partial charge in [-0.25, -0.2) is 8.42 Å². The highest BCUT2D eigenvalue weighted by atomic mass is 32.2. The van der Waals surface area contributed by atoms with Crippen LogP contribution in [0.2, 0.25) is 0 Å². The van der Waals surface area contributed by atoms with Crippen molar-refractivity contribution < 1.29 is 17.6 Å². The average molecular weight is 292 g/mol. The van der Waals surface area contributed by atoms with Crippen LogP contribution in [0, 0.1) is 0 Å². The highest BCUT2D eigenvalue weighted by Gasteiger charge is 2.06. The zero-order valence-corrected chi connectivity index (χ0v) is 12.0. The number of nitrogens with one attached hydrogen (secondary N) is 2. The van der Waals surface area contributed by atoms with E-state index in [0.717, 1.165) is 0 Å². The maximum atomic E-state index is 10.9. The lowest BCUT2D eigenvalue weighted by molar-refractivity contribution is 0.198. The van der Waals surface area contributed by atoms with Gasteiger partial charge in [0.1, 0.15) is 9.84 Å². The summed E-state index contributed by atoms with van der Waals surface area (Å²) >= 11 is 0. The van der Waals surface area contributed by atoms with Crippen LogP contribution < -0.4 is 10.6 Å². The van der Waals surface area contributed by atoms with E-state index in [0.29, 0.717) is 44.6 Å². The van der Waals surface area contributed by atoms with E-state index < -0.39 is 9.84 Å². The SMILES string of the molecule is COCCNCc1nnc(NCCCS(C)(=O)=O)o1. The number of hydrogen-bond acceptors (Lipinski definition) is 8. The number of hydrogen-bond donors (Lipinski definition) is 2. The molecule has 0 atom stereocenters. The molecule has 0 saturated carbocycles. The monoisotopic (exact) mass is 292 g/mol. The molecule has 0 aromatic carbocycles. The molecule has 1 heterocycles. The van der Waals surface area contributed by atoms with Gasteiger partial charge in [-0.05, 0) is 6.42 Å². The van der Waals surface area contributed by atoms with Crippen molar-refractivity contribution >= 4 is 15.9 Å². The quantitative estimate of drug-likeness (QED) is 0.564. The number of rotatable bonds is 10. The summed E-state index contributed by atoms with van der Waals surface area (Å²) in [5.41, 5.74) is 0. The van der Waals surface area contributed by atoms with Gasteiger partial charge in [-0.2, -0.15) is 0 Å². The molecule has 0 aliphatic rings. The number of aromatic nitrogens is 2. The second kappa shape index (κ2) is 8.08. The topological polar surface area (TPSA) is 106 Å². The Kier molecular flexibility index (Phi) is 6.74. The molecule has 9 heteroatoms. The second-order valence-corrected chi connectivity index (χ2v) is 6.34. The van der Waals surface area contributed by atoms with Gasteiger partial charge >= 0.3 is 6.01 Å². The Bertz CT molecular complexity index is 460. The first-order valence-electron chi connectivity index (χ1n) is 5.95. The van der Waals surface area contributed by atoms with Crippen LogP contribution in [0.3, 0.4) is 0 Å². The molecule has 8 nitrogen and oxygen atoms in total. The number of sulfone groups is 1. The fourth-order valence-electron chi connectivity index (χ4n) is 1.30. The maximum absolute atomic E-state index is 10.9. The predicted molar refractivity (Wildman–Crippen MR) is 70.7 cm³/mol. The summed E-state index contributed by atoms with van der Waals surface area (Å²) in [6.45, 7) is 2.27. The largest absolute Gasteiger partial charge is 0.407 e. The maximum Gasteiger partial charge on any atom is 0.315 e. The van der Waals surface area contributed by atoms with Crippen LogP contribution in [0.15, 0.2) is 4.42 Å². The van der Waals surface area contributed by atoms with E-state index in [1.807, 2.05) is 0 Å². The summed E-state index contributed by atoms with van der Waals surface area (Å²) in [5.74, 6) is 0.612. The first-order valence-corrected chi connectivity index (χ1v) is 8.01. The lowest BCUT2D eigenvalue weighted by Gasteiger charge is -2.00. The highest BCUT2D eigenvalue weighted by Crippen LogP contribution is 2.05. The normalized spacial score (nSPS) is 11.7. The molecule has 0 fully saturated rings. The van der Waals surface area contributed by atoms with Crippen molar-refractivity contribution in [1.82, 2.24) is 15.5 Å². The minimum atomic E-state index is -2.92. The molecular formula is C10H20N4O4S. The van der Waals surface area contributed by atoms with E-state index in [1.165, 1.54) is 6.26 Å². The van der Waals surface area contributed by atoms with Gasteiger partial charge in [-0.15, -0.1) is 5.10 Å². The number of ether oxygens (including phenoxy) is 1. The fraction of sp³-hybridized carbons (Fsp3) is 0.800. The number of anilines is 1. The Balaban J connectivity index is 2.19. The van der Waals surface area contributed by atoms with Crippen molar-refractivity contribution in [1.29, 1.82) is 0 Å². The standard InChI is InChI=1S/C10H20N4O4S/c1-17-6-5-11-8-9-13-14-10(18-9)12-4-3-7-19(2,15)16/h11H,3-8H2,1-2H3,(H,12,14). The van der Waals surface area contributed by atoms with Gasteiger partial charge in [0, 0.05) is 26.5 Å². The fourth-order valence-corrected chi connectivity index (χ4v) is 1.96.